The van der Waals surface area contributed by atoms with E-state index < -0.39 is 10.0 Å². The average molecular weight is 322 g/mol. The van der Waals surface area contributed by atoms with Crippen LogP contribution in [0.1, 0.15) is 5.76 Å². The minimum atomic E-state index is -3.89. The predicted octanol–water partition coefficient (Wildman–Crippen LogP) is 2.88. The Morgan fingerprint density at radius 3 is 2.53 bits per heavy atom. The van der Waals surface area contributed by atoms with Crippen molar-refractivity contribution in [3.8, 4) is 0 Å². The van der Waals surface area contributed by atoms with E-state index in [1.165, 1.54) is 30.3 Å². The van der Waals surface area contributed by atoms with Gasteiger partial charge in [-0.2, -0.15) is 8.42 Å². The van der Waals surface area contributed by atoms with E-state index in [-0.39, 0.29) is 28.2 Å². The van der Waals surface area contributed by atoms with Crippen LogP contribution >= 0.6 is 23.2 Å². The van der Waals surface area contributed by atoms with Gasteiger partial charge in [0.1, 0.15) is 12.4 Å². The van der Waals surface area contributed by atoms with E-state index >= 15 is 0 Å². The standard InChI is InChI=1S/C11H9Cl2NO4S/c12-7-1-3-10(9(13)5-7)14-19(16,17)11-4-2-8(6-15)18-11/h1-5,14-15H,6H2. The number of aliphatic hydroxyl groups excluding tert-OH is 1. The number of anilines is 1. The van der Waals surface area contributed by atoms with Crippen LogP contribution < -0.4 is 4.72 Å². The summed E-state index contributed by atoms with van der Waals surface area (Å²) in [7, 11) is -3.89. The van der Waals surface area contributed by atoms with Crippen LogP contribution in [0.25, 0.3) is 0 Å². The van der Waals surface area contributed by atoms with Crippen molar-refractivity contribution in [2.75, 3.05) is 4.72 Å². The average Bonchev–Trinajstić information content (AvgIpc) is 2.82. The lowest BCUT2D eigenvalue weighted by Crippen LogP contribution is -2.12. The van der Waals surface area contributed by atoms with Gasteiger partial charge in [0.15, 0.2) is 0 Å². The van der Waals surface area contributed by atoms with Crippen molar-refractivity contribution in [1.82, 2.24) is 0 Å². The second kappa shape index (κ2) is 5.42. The summed E-state index contributed by atoms with van der Waals surface area (Å²) in [5.41, 5.74) is 0.188. The molecular weight excluding hydrogens is 313 g/mol. The minimum Gasteiger partial charge on any atom is -0.445 e. The van der Waals surface area contributed by atoms with Crippen molar-refractivity contribution < 1.29 is 17.9 Å². The zero-order valence-corrected chi connectivity index (χ0v) is 11.8. The molecule has 1 aromatic carbocycles. The quantitative estimate of drug-likeness (QED) is 0.907. The molecule has 0 saturated heterocycles. The third-order valence-corrected chi connectivity index (χ3v) is 4.02. The second-order valence-electron chi connectivity index (χ2n) is 3.61. The molecule has 0 unspecified atom stereocenters. The van der Waals surface area contributed by atoms with Crippen LogP contribution in [0.4, 0.5) is 5.69 Å². The summed E-state index contributed by atoms with van der Waals surface area (Å²) in [4.78, 5) is 0. The van der Waals surface area contributed by atoms with Crippen LogP contribution in [-0.4, -0.2) is 13.5 Å². The Labute approximate surface area is 119 Å². The normalized spacial score (nSPS) is 11.5. The number of hydrogen-bond donors (Lipinski definition) is 2. The van der Waals surface area contributed by atoms with E-state index in [2.05, 4.69) is 4.72 Å². The molecule has 0 fully saturated rings. The molecule has 0 aliphatic heterocycles. The van der Waals surface area contributed by atoms with Crippen LogP contribution in [0.5, 0.6) is 0 Å². The van der Waals surface area contributed by atoms with E-state index in [1.54, 1.807) is 0 Å². The molecule has 1 heterocycles. The van der Waals surface area contributed by atoms with Crippen LogP contribution in [0.3, 0.4) is 0 Å². The van der Waals surface area contributed by atoms with Gasteiger partial charge in [0.05, 0.1) is 10.7 Å². The summed E-state index contributed by atoms with van der Waals surface area (Å²) in [6.45, 7) is -0.378. The molecular formula is C11H9Cl2NO4S. The first-order valence-corrected chi connectivity index (χ1v) is 7.34. The first-order valence-electron chi connectivity index (χ1n) is 5.10. The molecule has 0 amide bonds. The van der Waals surface area contributed by atoms with Gasteiger partial charge in [-0.25, -0.2) is 0 Å². The molecule has 0 aliphatic carbocycles. The molecule has 8 heteroatoms. The van der Waals surface area contributed by atoms with Crippen LogP contribution in [0.2, 0.25) is 10.0 Å². The number of hydrogen-bond acceptors (Lipinski definition) is 4. The van der Waals surface area contributed by atoms with Gasteiger partial charge >= 0.3 is 0 Å². The van der Waals surface area contributed by atoms with Crippen molar-refractivity contribution >= 4 is 38.9 Å². The molecule has 0 atom stereocenters. The Morgan fingerprint density at radius 1 is 1.21 bits per heavy atom. The maximum atomic E-state index is 12.0. The van der Waals surface area contributed by atoms with E-state index in [4.69, 9.17) is 32.7 Å². The molecule has 2 N–H and O–H groups in total. The zero-order valence-electron chi connectivity index (χ0n) is 9.43. The topological polar surface area (TPSA) is 79.5 Å². The lowest BCUT2D eigenvalue weighted by atomic mass is 10.3. The summed E-state index contributed by atoms with van der Waals surface area (Å²) in [5, 5.41) is 9.10. The van der Waals surface area contributed by atoms with Crippen molar-refractivity contribution in [3.63, 3.8) is 0 Å². The molecule has 0 aliphatic rings. The number of sulfonamides is 1. The highest BCUT2D eigenvalue weighted by atomic mass is 35.5. The van der Waals surface area contributed by atoms with Gasteiger partial charge in [-0.3, -0.25) is 4.72 Å². The molecule has 102 valence electrons. The fraction of sp³-hybridized carbons (Fsp3) is 0.0909. The minimum absolute atomic E-state index is 0.155. The third kappa shape index (κ3) is 3.22. The van der Waals surface area contributed by atoms with Crippen LogP contribution in [0.15, 0.2) is 39.8 Å². The number of furan rings is 1. The van der Waals surface area contributed by atoms with Crippen LogP contribution in [0, 0.1) is 0 Å². The Morgan fingerprint density at radius 2 is 1.95 bits per heavy atom. The fourth-order valence-corrected chi connectivity index (χ4v) is 2.90. The summed E-state index contributed by atoms with van der Waals surface area (Å²) in [6, 6.07) is 6.99. The van der Waals surface area contributed by atoms with Gasteiger partial charge in [0.2, 0.25) is 5.09 Å². The Bertz CT molecular complexity index is 696. The maximum Gasteiger partial charge on any atom is 0.295 e. The summed E-state index contributed by atoms with van der Waals surface area (Å²) in [5.74, 6) is 0.155. The monoisotopic (exact) mass is 321 g/mol. The Hall–Kier alpha value is -1.21. The molecule has 0 bridgehead atoms. The first-order chi connectivity index (χ1) is 8.92. The highest BCUT2D eigenvalue weighted by Gasteiger charge is 2.20. The van der Waals surface area contributed by atoms with Gasteiger partial charge in [-0.15, -0.1) is 0 Å². The van der Waals surface area contributed by atoms with Gasteiger partial charge in [0.25, 0.3) is 10.0 Å². The zero-order chi connectivity index (χ0) is 14.0. The van der Waals surface area contributed by atoms with Crippen molar-refractivity contribution in [3.05, 3.63) is 46.1 Å². The molecule has 0 radical (unpaired) electrons. The Balaban J connectivity index is 2.30. The van der Waals surface area contributed by atoms with Gasteiger partial charge in [0, 0.05) is 5.02 Å². The van der Waals surface area contributed by atoms with E-state index in [9.17, 15) is 8.42 Å². The van der Waals surface area contributed by atoms with Gasteiger partial charge in [-0.1, -0.05) is 23.2 Å². The van der Waals surface area contributed by atoms with Gasteiger partial charge in [-0.05, 0) is 30.3 Å². The van der Waals surface area contributed by atoms with Gasteiger partial charge < -0.3 is 9.52 Å². The van der Waals surface area contributed by atoms with Crippen molar-refractivity contribution in [2.45, 2.75) is 11.7 Å². The van der Waals surface area contributed by atoms with Crippen LogP contribution in [-0.2, 0) is 16.6 Å². The number of halogens is 2. The van der Waals surface area contributed by atoms with E-state index in [0.717, 1.165) is 0 Å². The van der Waals surface area contributed by atoms with Crippen molar-refractivity contribution in [2.24, 2.45) is 0 Å². The van der Waals surface area contributed by atoms with E-state index in [1.807, 2.05) is 0 Å². The smallest absolute Gasteiger partial charge is 0.295 e. The summed E-state index contributed by atoms with van der Waals surface area (Å²) < 4.78 is 31.2. The van der Waals surface area contributed by atoms with E-state index in [0.29, 0.717) is 5.02 Å². The highest BCUT2D eigenvalue weighted by Crippen LogP contribution is 2.27. The molecule has 1 aromatic heterocycles. The summed E-state index contributed by atoms with van der Waals surface area (Å²) >= 11 is 11.6. The van der Waals surface area contributed by atoms with Crippen molar-refractivity contribution in [1.29, 1.82) is 0 Å². The number of benzene rings is 1. The molecule has 0 saturated carbocycles. The molecule has 2 aromatic rings. The lowest BCUT2D eigenvalue weighted by Gasteiger charge is -2.07. The molecule has 19 heavy (non-hydrogen) atoms. The first kappa shape index (κ1) is 14.2. The highest BCUT2D eigenvalue weighted by molar-refractivity contribution is 7.92. The Kier molecular flexibility index (Phi) is 4.05. The molecule has 5 nitrogen and oxygen atoms in total. The maximum absolute atomic E-state index is 12.0. The molecule has 0 spiro atoms. The number of aliphatic hydroxyl groups is 1. The molecule has 2 rings (SSSR count). The SMILES string of the molecule is O=S(=O)(Nc1ccc(Cl)cc1Cl)c1ccc(CO)o1. The second-order valence-corrected chi connectivity index (χ2v) is 6.07. The third-order valence-electron chi connectivity index (χ3n) is 2.23. The lowest BCUT2D eigenvalue weighted by molar-refractivity contribution is 0.236. The number of rotatable bonds is 4. The largest absolute Gasteiger partial charge is 0.445 e. The summed E-state index contributed by atoms with van der Waals surface area (Å²) in [6.07, 6.45) is 0. The predicted molar refractivity (Wildman–Crippen MR) is 71.9 cm³/mol. The fourth-order valence-electron chi connectivity index (χ4n) is 1.35. The number of nitrogens with one attached hydrogen (secondary N) is 1.